The Morgan fingerprint density at radius 2 is 2.13 bits per heavy atom. The molecule has 0 spiro atoms. The maximum atomic E-state index is 5.97. The molecule has 1 radical (unpaired) electrons. The van der Waals surface area contributed by atoms with E-state index in [9.17, 15) is 0 Å². The zero-order chi connectivity index (χ0) is 11.1. The molecular weight excluding hydrogens is 206 g/mol. The second-order valence-electron chi connectivity index (χ2n) is 5.83. The third kappa shape index (κ3) is 1.84. The Labute approximate surface area is 99.1 Å². The summed E-state index contributed by atoms with van der Waals surface area (Å²) in [6, 6.07) is 0. The quantitative estimate of drug-likeness (QED) is 0.669. The van der Waals surface area contributed by atoms with Gasteiger partial charge in [0.1, 0.15) is 0 Å². The minimum absolute atomic E-state index is 0.550. The van der Waals surface area contributed by atoms with Crippen molar-refractivity contribution in [2.45, 2.75) is 38.9 Å². The fraction of sp³-hybridized carbons (Fsp3) is 1.00. The van der Waals surface area contributed by atoms with Gasteiger partial charge in [-0.25, -0.2) is 11.5 Å². The normalized spacial score (nSPS) is 42.1. The molecular formula is C12H21BClO. The van der Waals surface area contributed by atoms with E-state index in [1.807, 2.05) is 6.69 Å². The van der Waals surface area contributed by atoms with Crippen LogP contribution in [0.5, 0.6) is 0 Å². The van der Waals surface area contributed by atoms with Crippen molar-refractivity contribution in [1.29, 1.82) is 0 Å². The number of ether oxygens (including phenoxy) is 1. The van der Waals surface area contributed by atoms with E-state index >= 15 is 0 Å². The first kappa shape index (κ1) is 11.8. The van der Waals surface area contributed by atoms with E-state index in [1.165, 1.54) is 19.3 Å². The molecule has 0 aromatic carbocycles. The lowest BCUT2D eigenvalue weighted by Crippen LogP contribution is -2.55. The average molecular weight is 228 g/mol. The Morgan fingerprint density at radius 3 is 2.67 bits per heavy atom. The molecule has 3 aliphatic rings. The van der Waals surface area contributed by atoms with Crippen molar-refractivity contribution in [3.63, 3.8) is 0 Å². The molecule has 85 valence electrons. The summed E-state index contributed by atoms with van der Waals surface area (Å²) in [4.78, 5) is 0. The highest BCUT2D eigenvalue weighted by Crippen LogP contribution is 2.65. The first-order valence-corrected chi connectivity index (χ1v) is 6.47. The monoisotopic (exact) mass is 227 g/mol. The van der Waals surface area contributed by atoms with Gasteiger partial charge < -0.3 is 4.74 Å². The molecule has 3 rings (SSSR count). The van der Waals surface area contributed by atoms with Gasteiger partial charge in [-0.1, -0.05) is 20.3 Å². The summed E-state index contributed by atoms with van der Waals surface area (Å²) in [6.45, 7) is 7.64. The Balaban J connectivity index is 2.02. The van der Waals surface area contributed by atoms with E-state index in [0.717, 1.165) is 24.4 Å². The van der Waals surface area contributed by atoms with Gasteiger partial charge in [0.2, 0.25) is 6.69 Å². The van der Waals surface area contributed by atoms with Gasteiger partial charge in [0.05, 0.1) is 0 Å². The Morgan fingerprint density at radius 1 is 1.40 bits per heavy atom. The van der Waals surface area contributed by atoms with Crippen molar-refractivity contribution in [3.8, 4) is 0 Å². The molecule has 0 aromatic rings. The van der Waals surface area contributed by atoms with Gasteiger partial charge in [0.25, 0.3) is 0 Å². The lowest BCUT2D eigenvalue weighted by Gasteiger charge is -2.62. The van der Waals surface area contributed by atoms with Gasteiger partial charge in [-0.2, -0.15) is 0 Å². The second kappa shape index (κ2) is 4.29. The van der Waals surface area contributed by atoms with Gasteiger partial charge in [0, 0.05) is 13.7 Å². The molecule has 0 aliphatic heterocycles. The summed E-state index contributed by atoms with van der Waals surface area (Å²) in [5, 5.41) is 0. The van der Waals surface area contributed by atoms with Crippen molar-refractivity contribution < 1.29 is 4.74 Å². The standard InChI is InChI=1S/C12H21BClO/c1-12(2)8-6-10(12)9(4-5-15-3)11(7-8)13-14/h8-11H,4-7H2,1-3H3. The second-order valence-corrected chi connectivity index (χ2v) is 6.08. The van der Waals surface area contributed by atoms with Crippen LogP contribution in [0.2, 0.25) is 5.82 Å². The molecule has 0 aromatic heterocycles. The van der Waals surface area contributed by atoms with Crippen LogP contribution in [0, 0.1) is 23.2 Å². The molecule has 4 unspecified atom stereocenters. The number of hydrogen-bond donors (Lipinski definition) is 0. The van der Waals surface area contributed by atoms with Crippen LogP contribution < -0.4 is 0 Å². The van der Waals surface area contributed by atoms with Gasteiger partial charge in [0.15, 0.2) is 0 Å². The largest absolute Gasteiger partial charge is 0.385 e. The number of hydrogen-bond acceptors (Lipinski definition) is 1. The van der Waals surface area contributed by atoms with Crippen LogP contribution in [0.4, 0.5) is 0 Å². The van der Waals surface area contributed by atoms with Crippen LogP contribution in [0.1, 0.15) is 33.1 Å². The molecule has 4 atom stereocenters. The maximum absolute atomic E-state index is 5.97. The first-order chi connectivity index (χ1) is 7.11. The number of fused-ring (bicyclic) bond motifs is 2. The van der Waals surface area contributed by atoms with Crippen molar-refractivity contribution in [1.82, 2.24) is 0 Å². The van der Waals surface area contributed by atoms with E-state index in [4.69, 9.17) is 16.2 Å². The van der Waals surface area contributed by atoms with Crippen LogP contribution in [0.3, 0.4) is 0 Å². The van der Waals surface area contributed by atoms with Crippen LogP contribution >= 0.6 is 11.5 Å². The number of rotatable bonds is 4. The Bertz CT molecular complexity index is 232. The Hall–Kier alpha value is 0.315. The van der Waals surface area contributed by atoms with Crippen LogP contribution in [-0.2, 0) is 4.74 Å². The van der Waals surface area contributed by atoms with E-state index in [2.05, 4.69) is 13.8 Å². The smallest absolute Gasteiger partial charge is 0.242 e. The number of methoxy groups -OCH3 is 1. The highest BCUT2D eigenvalue weighted by atomic mass is 35.5. The molecule has 0 heterocycles. The van der Waals surface area contributed by atoms with Gasteiger partial charge >= 0.3 is 0 Å². The first-order valence-electron chi connectivity index (χ1n) is 6.03. The fourth-order valence-electron chi connectivity index (χ4n) is 3.80. The molecule has 3 heteroatoms. The molecule has 3 fully saturated rings. The van der Waals surface area contributed by atoms with Crippen LogP contribution in [0.25, 0.3) is 0 Å². The summed E-state index contributed by atoms with van der Waals surface area (Å²) < 4.78 is 5.21. The highest BCUT2D eigenvalue weighted by Gasteiger charge is 2.56. The summed E-state index contributed by atoms with van der Waals surface area (Å²) in [5.41, 5.74) is 0.550. The van der Waals surface area contributed by atoms with Gasteiger partial charge in [-0.15, -0.1) is 0 Å². The van der Waals surface area contributed by atoms with E-state index in [1.54, 1.807) is 7.11 Å². The maximum Gasteiger partial charge on any atom is 0.242 e. The predicted molar refractivity (Wildman–Crippen MR) is 65.3 cm³/mol. The molecule has 3 saturated carbocycles. The summed E-state index contributed by atoms with van der Waals surface area (Å²) in [6.07, 6.45) is 3.88. The molecule has 15 heavy (non-hydrogen) atoms. The third-order valence-electron chi connectivity index (χ3n) is 4.99. The van der Waals surface area contributed by atoms with Crippen molar-refractivity contribution >= 4 is 18.2 Å². The van der Waals surface area contributed by atoms with E-state index in [0.29, 0.717) is 11.2 Å². The van der Waals surface area contributed by atoms with Crippen LogP contribution in [-0.4, -0.2) is 20.4 Å². The summed E-state index contributed by atoms with van der Waals surface area (Å²) in [7, 11) is 1.79. The molecule has 0 N–H and O–H groups in total. The van der Waals surface area contributed by atoms with Crippen LogP contribution in [0.15, 0.2) is 0 Å². The van der Waals surface area contributed by atoms with Gasteiger partial charge in [-0.05, 0) is 41.8 Å². The predicted octanol–water partition coefficient (Wildman–Crippen LogP) is 3.35. The Kier molecular flexibility index (Phi) is 3.37. The molecule has 2 bridgehead atoms. The minimum Gasteiger partial charge on any atom is -0.385 e. The zero-order valence-corrected chi connectivity index (χ0v) is 10.8. The van der Waals surface area contributed by atoms with E-state index in [-0.39, 0.29) is 0 Å². The fourth-order valence-corrected chi connectivity index (χ4v) is 4.09. The summed E-state index contributed by atoms with van der Waals surface area (Å²) in [5.74, 6) is 3.15. The molecule has 0 amide bonds. The zero-order valence-electron chi connectivity index (χ0n) is 10.0. The van der Waals surface area contributed by atoms with Gasteiger partial charge in [-0.3, -0.25) is 0 Å². The van der Waals surface area contributed by atoms with Crippen molar-refractivity contribution in [2.75, 3.05) is 13.7 Å². The average Bonchev–Trinajstić information content (AvgIpc) is 2.25. The SMILES string of the molecule is COCCC1C([B]Cl)CC2CC1C2(C)C. The number of halogens is 1. The van der Waals surface area contributed by atoms with Crippen molar-refractivity contribution in [2.24, 2.45) is 23.2 Å². The third-order valence-corrected chi connectivity index (χ3v) is 5.31. The van der Waals surface area contributed by atoms with E-state index < -0.39 is 0 Å². The van der Waals surface area contributed by atoms with Crippen molar-refractivity contribution in [3.05, 3.63) is 0 Å². The topological polar surface area (TPSA) is 9.23 Å². The summed E-state index contributed by atoms with van der Waals surface area (Å²) >= 11 is 5.97. The molecule has 0 saturated heterocycles. The minimum atomic E-state index is 0.550. The highest BCUT2D eigenvalue weighted by molar-refractivity contribution is 6.94. The molecule has 3 aliphatic carbocycles. The lowest BCUT2D eigenvalue weighted by atomic mass is 9.40. The molecule has 1 nitrogen and oxygen atoms in total. The lowest BCUT2D eigenvalue weighted by molar-refractivity contribution is -0.109.